The molecule has 0 radical (unpaired) electrons. The molecule has 4 heterocycles. The van der Waals surface area contributed by atoms with Crippen molar-refractivity contribution >= 4 is 41.7 Å². The maximum atomic E-state index is 12.3. The average Bonchev–Trinajstić information content (AvgIpc) is 3.21. The number of carbonyl (C=O) groups is 3. The minimum absolute atomic E-state index is 0.158. The van der Waals surface area contributed by atoms with Gasteiger partial charge in [0.2, 0.25) is 0 Å². The molecule has 0 aliphatic carbocycles. The standard InChI is InChI=1S/C25H31ClN2O3.C13H9ClO2.C12H22N2O2/c1-24(2,3)31-23(29)28-13-11-25(12-14-28)17-27(18-25)16-19-5-4-6-22(15-19)30-21-9-7-20(26)8-10-21;14-11-4-6-12(7-5-11)16-13-3-1-2-10(8-13)9-15;1-11(2,3)16-10(15)14-6-4-12(5-7-14)8-13-9-12/h4-10,15H,11-14,16-18H2,1-3H3;1-9H;13H,4-9H2,1-3H3. The first-order chi connectivity index (χ1) is 29.9. The quantitative estimate of drug-likeness (QED) is 0.181. The van der Waals surface area contributed by atoms with E-state index in [0.29, 0.717) is 37.9 Å². The fraction of sp³-hybridized carbons (Fsp3) is 0.460. The summed E-state index contributed by atoms with van der Waals surface area (Å²) < 4.78 is 22.4. The van der Waals surface area contributed by atoms with Crippen LogP contribution in [-0.4, -0.2) is 96.7 Å². The van der Waals surface area contributed by atoms with Gasteiger partial charge in [-0.3, -0.25) is 9.69 Å². The number of hydrogen-bond acceptors (Lipinski definition) is 9. The molecule has 13 heteroatoms. The number of piperidine rings is 2. The van der Waals surface area contributed by atoms with Crippen LogP contribution in [-0.2, 0) is 16.0 Å². The minimum Gasteiger partial charge on any atom is -0.457 e. The predicted octanol–water partition coefficient (Wildman–Crippen LogP) is 11.5. The lowest BCUT2D eigenvalue weighted by Crippen LogP contribution is -2.60. The molecule has 11 nitrogen and oxygen atoms in total. The number of carbonyl (C=O) groups excluding carboxylic acids is 3. The van der Waals surface area contributed by atoms with Crippen molar-refractivity contribution < 1.29 is 33.3 Å². The summed E-state index contributed by atoms with van der Waals surface area (Å²) in [6.07, 6.45) is 4.75. The molecule has 0 saturated carbocycles. The first-order valence-electron chi connectivity index (χ1n) is 21.8. The van der Waals surface area contributed by atoms with E-state index in [4.69, 9.17) is 42.1 Å². The Kier molecular flexibility index (Phi) is 15.7. The maximum Gasteiger partial charge on any atom is 0.410 e. The highest BCUT2D eigenvalue weighted by Crippen LogP contribution is 2.42. The number of aldehydes is 1. The summed E-state index contributed by atoms with van der Waals surface area (Å²) in [5, 5.41) is 4.68. The second-order valence-corrected chi connectivity index (χ2v) is 20.0. The van der Waals surface area contributed by atoms with Crippen LogP contribution in [0.4, 0.5) is 9.59 Å². The van der Waals surface area contributed by atoms with Crippen molar-refractivity contribution in [2.45, 2.75) is 85.0 Å². The van der Waals surface area contributed by atoms with E-state index in [1.54, 1.807) is 48.5 Å². The summed E-state index contributed by atoms with van der Waals surface area (Å²) >= 11 is 11.7. The van der Waals surface area contributed by atoms with Gasteiger partial charge in [0.25, 0.3) is 0 Å². The van der Waals surface area contributed by atoms with E-state index in [9.17, 15) is 14.4 Å². The van der Waals surface area contributed by atoms with Gasteiger partial charge in [0.15, 0.2) is 0 Å². The van der Waals surface area contributed by atoms with Crippen LogP contribution in [0, 0.1) is 10.8 Å². The van der Waals surface area contributed by atoms with Crippen molar-refractivity contribution in [2.24, 2.45) is 10.8 Å². The summed E-state index contributed by atoms with van der Waals surface area (Å²) in [5.41, 5.74) is 1.84. The Bertz CT molecular complexity index is 2120. The highest BCUT2D eigenvalue weighted by atomic mass is 35.5. The second kappa shape index (κ2) is 20.8. The van der Waals surface area contributed by atoms with E-state index in [-0.39, 0.29) is 17.8 Å². The van der Waals surface area contributed by atoms with E-state index in [1.807, 2.05) is 87.7 Å². The summed E-state index contributed by atoms with van der Waals surface area (Å²) in [5.74, 6) is 2.93. The lowest BCUT2D eigenvalue weighted by molar-refractivity contribution is -0.0550. The van der Waals surface area contributed by atoms with Crippen molar-refractivity contribution in [1.82, 2.24) is 20.0 Å². The monoisotopic (exact) mass is 900 g/mol. The summed E-state index contributed by atoms with van der Waals surface area (Å²) in [6.45, 7) is 20.0. The largest absolute Gasteiger partial charge is 0.457 e. The Hall–Kier alpha value is -4.81. The highest BCUT2D eigenvalue weighted by molar-refractivity contribution is 6.30. The topological polar surface area (TPSA) is 110 Å². The first kappa shape index (κ1) is 47.7. The Morgan fingerprint density at radius 1 is 0.619 bits per heavy atom. The summed E-state index contributed by atoms with van der Waals surface area (Å²) in [6, 6.07) is 29.7. The number of hydrogen-bond donors (Lipinski definition) is 1. The molecule has 338 valence electrons. The van der Waals surface area contributed by atoms with Crippen LogP contribution in [0.15, 0.2) is 97.1 Å². The van der Waals surface area contributed by atoms with Crippen molar-refractivity contribution in [3.05, 3.63) is 118 Å². The lowest BCUT2D eigenvalue weighted by atomic mass is 9.72. The molecule has 2 spiro atoms. The molecule has 0 aromatic heterocycles. The molecule has 0 bridgehead atoms. The van der Waals surface area contributed by atoms with Crippen molar-refractivity contribution in [2.75, 3.05) is 52.4 Å². The number of benzene rings is 4. The number of nitrogens with one attached hydrogen (secondary N) is 1. The van der Waals surface area contributed by atoms with Gasteiger partial charge in [0.1, 0.15) is 40.5 Å². The fourth-order valence-corrected chi connectivity index (χ4v) is 8.29. The third kappa shape index (κ3) is 14.6. The SMILES string of the molecule is CC(C)(C)OC(=O)N1CCC2(CC1)CN(Cc1cccc(Oc3ccc(Cl)cc3)c1)C2.CC(C)(C)OC(=O)N1CCC2(CC1)CNC2.O=Cc1cccc(Oc2ccc(Cl)cc2)c1. The van der Waals surface area contributed by atoms with Gasteiger partial charge in [-0.1, -0.05) is 47.5 Å². The predicted molar refractivity (Wildman–Crippen MR) is 248 cm³/mol. The number of likely N-dealkylation sites (tertiary alicyclic amines) is 3. The van der Waals surface area contributed by atoms with Gasteiger partial charge in [0, 0.05) is 74.5 Å². The summed E-state index contributed by atoms with van der Waals surface area (Å²) in [7, 11) is 0. The van der Waals surface area contributed by atoms with E-state index in [1.165, 1.54) is 5.56 Å². The van der Waals surface area contributed by atoms with Gasteiger partial charge >= 0.3 is 12.2 Å². The third-order valence-corrected chi connectivity index (χ3v) is 12.0. The average molecular weight is 902 g/mol. The van der Waals surface area contributed by atoms with E-state index in [2.05, 4.69) is 22.3 Å². The number of halogens is 2. The zero-order valence-electron chi connectivity index (χ0n) is 37.5. The molecule has 4 aromatic carbocycles. The Morgan fingerprint density at radius 3 is 1.49 bits per heavy atom. The van der Waals surface area contributed by atoms with Crippen LogP contribution >= 0.6 is 23.2 Å². The third-order valence-electron chi connectivity index (χ3n) is 11.5. The van der Waals surface area contributed by atoms with E-state index in [0.717, 1.165) is 102 Å². The molecule has 4 saturated heterocycles. The number of amides is 2. The maximum absolute atomic E-state index is 12.3. The molecule has 0 atom stereocenters. The van der Waals surface area contributed by atoms with Crippen LogP contribution < -0.4 is 14.8 Å². The molecule has 63 heavy (non-hydrogen) atoms. The van der Waals surface area contributed by atoms with Crippen LogP contribution in [0.1, 0.15) is 83.1 Å². The zero-order chi connectivity index (χ0) is 45.3. The normalized spacial score (nSPS) is 17.7. The Morgan fingerprint density at radius 2 is 1.06 bits per heavy atom. The zero-order valence-corrected chi connectivity index (χ0v) is 39.0. The van der Waals surface area contributed by atoms with Crippen molar-refractivity contribution in [3.8, 4) is 23.0 Å². The molecule has 4 fully saturated rings. The minimum atomic E-state index is -0.439. The van der Waals surface area contributed by atoms with Gasteiger partial charge in [0.05, 0.1) is 0 Å². The molecule has 4 aliphatic heterocycles. The molecular weight excluding hydrogens is 839 g/mol. The van der Waals surface area contributed by atoms with Crippen LogP contribution in [0.25, 0.3) is 0 Å². The number of nitrogens with zero attached hydrogens (tertiary/aromatic N) is 3. The molecule has 1 N–H and O–H groups in total. The van der Waals surface area contributed by atoms with Crippen molar-refractivity contribution in [1.29, 1.82) is 0 Å². The first-order valence-corrected chi connectivity index (χ1v) is 22.5. The Labute approximate surface area is 382 Å². The molecule has 4 aliphatic rings. The smallest absolute Gasteiger partial charge is 0.410 e. The lowest BCUT2D eigenvalue weighted by Gasteiger charge is -2.54. The Balaban J connectivity index is 0.000000173. The van der Waals surface area contributed by atoms with Gasteiger partial charge in [-0.25, -0.2) is 9.59 Å². The van der Waals surface area contributed by atoms with Gasteiger partial charge in [-0.2, -0.15) is 0 Å². The van der Waals surface area contributed by atoms with E-state index >= 15 is 0 Å². The van der Waals surface area contributed by atoms with Crippen LogP contribution in [0.2, 0.25) is 10.0 Å². The van der Waals surface area contributed by atoms with Crippen molar-refractivity contribution in [3.63, 3.8) is 0 Å². The highest BCUT2D eigenvalue weighted by Gasteiger charge is 2.46. The number of rotatable bonds is 7. The molecule has 2 amide bonds. The molecule has 0 unspecified atom stereocenters. The fourth-order valence-electron chi connectivity index (χ4n) is 8.04. The van der Waals surface area contributed by atoms with Crippen LogP contribution in [0.3, 0.4) is 0 Å². The van der Waals surface area contributed by atoms with Gasteiger partial charge in [-0.05, 0) is 156 Å². The molecule has 8 rings (SSSR count). The number of ether oxygens (including phenoxy) is 4. The summed E-state index contributed by atoms with van der Waals surface area (Å²) in [4.78, 5) is 40.9. The molecular formula is C50H62Cl2N4O7. The van der Waals surface area contributed by atoms with Crippen LogP contribution in [0.5, 0.6) is 23.0 Å². The second-order valence-electron chi connectivity index (χ2n) is 19.1. The van der Waals surface area contributed by atoms with Gasteiger partial charge < -0.3 is 34.1 Å². The van der Waals surface area contributed by atoms with E-state index < -0.39 is 5.60 Å². The van der Waals surface area contributed by atoms with Gasteiger partial charge in [-0.15, -0.1) is 0 Å². The molecule has 4 aromatic rings.